The average Bonchev–Trinajstić information content (AvgIpc) is 2.92. The molecule has 5 nitrogen and oxygen atoms in total. The number of aromatic carboxylic acids is 1. The summed E-state index contributed by atoms with van der Waals surface area (Å²) in [4.78, 5) is 14.8. The van der Waals surface area contributed by atoms with Crippen molar-refractivity contribution in [2.75, 3.05) is 0 Å². The molecule has 0 bridgehead atoms. The quantitative estimate of drug-likeness (QED) is 0.734. The van der Waals surface area contributed by atoms with E-state index in [1.165, 1.54) is 18.2 Å². The van der Waals surface area contributed by atoms with Crippen molar-refractivity contribution in [2.45, 2.75) is 6.18 Å². The standard InChI is InChI=1S/C14H7F4N3O2/c15-9-3-1-2-7-10(4-5-19-11(7)9)21-12(14(16,17)18)8(6-20-21)13(22)23/h1-6H,(H,22,23). The monoisotopic (exact) mass is 325 g/mol. The molecule has 0 saturated carbocycles. The number of fused-ring (bicyclic) bond motifs is 1. The highest BCUT2D eigenvalue weighted by atomic mass is 19.4. The van der Waals surface area contributed by atoms with Gasteiger partial charge in [0.25, 0.3) is 0 Å². The van der Waals surface area contributed by atoms with Crippen LogP contribution >= 0.6 is 0 Å². The summed E-state index contributed by atoms with van der Waals surface area (Å²) < 4.78 is 53.9. The van der Waals surface area contributed by atoms with Crippen LogP contribution in [0.4, 0.5) is 17.6 Å². The number of carbonyl (C=O) groups is 1. The molecule has 0 fully saturated rings. The van der Waals surface area contributed by atoms with E-state index in [1.54, 1.807) is 0 Å². The van der Waals surface area contributed by atoms with Crippen LogP contribution in [0, 0.1) is 5.82 Å². The second-order valence-corrected chi connectivity index (χ2v) is 4.59. The van der Waals surface area contributed by atoms with E-state index in [0.29, 0.717) is 10.9 Å². The van der Waals surface area contributed by atoms with Crippen LogP contribution in [-0.4, -0.2) is 25.8 Å². The Hall–Kier alpha value is -2.97. The second kappa shape index (κ2) is 5.04. The third-order valence-corrected chi connectivity index (χ3v) is 3.20. The van der Waals surface area contributed by atoms with Crippen LogP contribution in [0.25, 0.3) is 16.6 Å². The zero-order chi connectivity index (χ0) is 16.8. The van der Waals surface area contributed by atoms with Crippen molar-refractivity contribution >= 4 is 16.9 Å². The number of rotatable bonds is 2. The molecule has 0 spiro atoms. The van der Waals surface area contributed by atoms with E-state index in [9.17, 15) is 22.4 Å². The van der Waals surface area contributed by atoms with Crippen molar-refractivity contribution in [1.82, 2.24) is 14.8 Å². The molecule has 0 radical (unpaired) electrons. The van der Waals surface area contributed by atoms with Crippen molar-refractivity contribution in [1.29, 1.82) is 0 Å². The molecule has 1 aromatic carbocycles. The molecule has 3 rings (SSSR count). The molecular weight excluding hydrogens is 318 g/mol. The molecule has 3 aromatic rings. The lowest BCUT2D eigenvalue weighted by Crippen LogP contribution is -2.17. The topological polar surface area (TPSA) is 68.0 Å². The fourth-order valence-electron chi connectivity index (χ4n) is 2.27. The average molecular weight is 325 g/mol. The Morgan fingerprint density at radius 1 is 1.22 bits per heavy atom. The van der Waals surface area contributed by atoms with Crippen LogP contribution in [0.15, 0.2) is 36.7 Å². The van der Waals surface area contributed by atoms with E-state index >= 15 is 0 Å². The normalized spacial score (nSPS) is 11.8. The maximum absolute atomic E-state index is 13.7. The molecule has 0 atom stereocenters. The summed E-state index contributed by atoms with van der Waals surface area (Å²) >= 11 is 0. The molecule has 0 aliphatic carbocycles. The van der Waals surface area contributed by atoms with Crippen molar-refractivity contribution in [3.05, 3.63) is 53.7 Å². The van der Waals surface area contributed by atoms with Gasteiger partial charge in [-0.05, 0) is 12.1 Å². The van der Waals surface area contributed by atoms with Crippen LogP contribution in [-0.2, 0) is 6.18 Å². The first-order valence-electron chi connectivity index (χ1n) is 6.23. The largest absolute Gasteiger partial charge is 0.478 e. The summed E-state index contributed by atoms with van der Waals surface area (Å²) in [6.45, 7) is 0. The van der Waals surface area contributed by atoms with Gasteiger partial charge >= 0.3 is 12.1 Å². The van der Waals surface area contributed by atoms with Gasteiger partial charge in [0.1, 0.15) is 16.9 Å². The van der Waals surface area contributed by atoms with E-state index in [0.717, 1.165) is 12.3 Å². The van der Waals surface area contributed by atoms with Gasteiger partial charge in [0, 0.05) is 11.6 Å². The van der Waals surface area contributed by atoms with Gasteiger partial charge < -0.3 is 5.11 Å². The van der Waals surface area contributed by atoms with E-state index in [1.807, 2.05) is 0 Å². The fourth-order valence-corrected chi connectivity index (χ4v) is 2.27. The van der Waals surface area contributed by atoms with Crippen molar-refractivity contribution in [2.24, 2.45) is 0 Å². The van der Waals surface area contributed by atoms with Gasteiger partial charge in [-0.1, -0.05) is 12.1 Å². The summed E-state index contributed by atoms with van der Waals surface area (Å²) in [7, 11) is 0. The summed E-state index contributed by atoms with van der Waals surface area (Å²) in [5.74, 6) is -2.46. The predicted octanol–water partition coefficient (Wildman–Crippen LogP) is 3.28. The number of hydrogen-bond donors (Lipinski definition) is 1. The number of halogens is 4. The molecule has 0 saturated heterocycles. The number of para-hydroxylation sites is 1. The second-order valence-electron chi connectivity index (χ2n) is 4.59. The first-order chi connectivity index (χ1) is 10.8. The van der Waals surface area contributed by atoms with Gasteiger partial charge in [-0.3, -0.25) is 4.98 Å². The van der Waals surface area contributed by atoms with E-state index in [4.69, 9.17) is 5.11 Å². The van der Waals surface area contributed by atoms with E-state index in [-0.39, 0.29) is 16.6 Å². The van der Waals surface area contributed by atoms with Gasteiger partial charge in [-0.15, -0.1) is 0 Å². The number of aromatic nitrogens is 3. The Morgan fingerprint density at radius 3 is 2.61 bits per heavy atom. The van der Waals surface area contributed by atoms with Crippen LogP contribution in [0.3, 0.4) is 0 Å². The lowest BCUT2D eigenvalue weighted by Gasteiger charge is -2.13. The van der Waals surface area contributed by atoms with Gasteiger partial charge in [0.2, 0.25) is 0 Å². The summed E-state index contributed by atoms with van der Waals surface area (Å²) in [6.07, 6.45) is -3.22. The number of pyridine rings is 1. The molecule has 2 heterocycles. The molecule has 23 heavy (non-hydrogen) atoms. The molecule has 0 aliphatic rings. The maximum Gasteiger partial charge on any atom is 0.434 e. The number of benzene rings is 1. The molecule has 0 aliphatic heterocycles. The highest BCUT2D eigenvalue weighted by Gasteiger charge is 2.40. The van der Waals surface area contributed by atoms with Crippen molar-refractivity contribution < 1.29 is 27.5 Å². The van der Waals surface area contributed by atoms with Crippen molar-refractivity contribution in [3.63, 3.8) is 0 Å². The maximum atomic E-state index is 13.7. The predicted molar refractivity (Wildman–Crippen MR) is 70.8 cm³/mol. The summed E-state index contributed by atoms with van der Waals surface area (Å²) in [5, 5.41) is 12.5. The Morgan fingerprint density at radius 2 is 1.96 bits per heavy atom. The highest BCUT2D eigenvalue weighted by molar-refractivity contribution is 5.91. The lowest BCUT2D eigenvalue weighted by atomic mass is 10.1. The number of hydrogen-bond acceptors (Lipinski definition) is 3. The molecule has 2 aromatic heterocycles. The van der Waals surface area contributed by atoms with E-state index in [2.05, 4.69) is 10.1 Å². The number of carboxylic acid groups (broad SMARTS) is 1. The minimum atomic E-state index is -4.95. The van der Waals surface area contributed by atoms with E-state index < -0.39 is 29.2 Å². The van der Waals surface area contributed by atoms with Crippen LogP contribution in [0.5, 0.6) is 0 Å². The van der Waals surface area contributed by atoms with Gasteiger partial charge in [-0.25, -0.2) is 13.9 Å². The van der Waals surface area contributed by atoms with Crippen LogP contribution in [0.1, 0.15) is 16.1 Å². The Labute approximate surface area is 125 Å². The molecule has 0 amide bonds. The fraction of sp³-hybridized carbons (Fsp3) is 0.0714. The molecule has 1 N–H and O–H groups in total. The van der Waals surface area contributed by atoms with Crippen LogP contribution < -0.4 is 0 Å². The third-order valence-electron chi connectivity index (χ3n) is 3.20. The number of alkyl halides is 3. The third kappa shape index (κ3) is 2.39. The molecular formula is C14H7F4N3O2. The molecule has 0 unspecified atom stereocenters. The van der Waals surface area contributed by atoms with Crippen molar-refractivity contribution in [3.8, 4) is 5.69 Å². The first kappa shape index (κ1) is 14.9. The summed E-state index contributed by atoms with van der Waals surface area (Å²) in [5.41, 5.74) is -2.68. The number of nitrogens with zero attached hydrogens (tertiary/aromatic N) is 3. The summed E-state index contributed by atoms with van der Waals surface area (Å²) in [6, 6.07) is 5.02. The molecule has 9 heteroatoms. The minimum Gasteiger partial charge on any atom is -0.478 e. The Balaban J connectivity index is 2.37. The molecule has 118 valence electrons. The minimum absolute atomic E-state index is 0.0815. The first-order valence-corrected chi connectivity index (χ1v) is 6.23. The zero-order valence-electron chi connectivity index (χ0n) is 11.2. The smallest absolute Gasteiger partial charge is 0.434 e. The van der Waals surface area contributed by atoms with Crippen LogP contribution in [0.2, 0.25) is 0 Å². The zero-order valence-corrected chi connectivity index (χ0v) is 11.2. The number of carboxylic acids is 1. The van der Waals surface area contributed by atoms with Gasteiger partial charge in [0.15, 0.2) is 5.69 Å². The SMILES string of the molecule is O=C(O)c1cnn(-c2ccnc3c(F)cccc23)c1C(F)(F)F. The Bertz CT molecular complexity index is 918. The lowest BCUT2D eigenvalue weighted by molar-refractivity contribution is -0.143. The van der Waals surface area contributed by atoms with Gasteiger partial charge in [0.05, 0.1) is 11.9 Å². The van der Waals surface area contributed by atoms with Gasteiger partial charge in [-0.2, -0.15) is 18.3 Å². The highest BCUT2D eigenvalue weighted by Crippen LogP contribution is 2.35. The Kier molecular flexibility index (Phi) is 3.28.